The molecule has 1 aromatic heterocycles. The highest BCUT2D eigenvalue weighted by molar-refractivity contribution is 7.21. The van der Waals surface area contributed by atoms with E-state index in [4.69, 9.17) is 15.1 Å². The summed E-state index contributed by atoms with van der Waals surface area (Å²) in [6, 6.07) is 22.6. The molecule has 4 aromatic rings. The molecule has 0 aliphatic carbocycles. The van der Waals surface area contributed by atoms with Crippen LogP contribution in [0, 0.1) is 11.3 Å². The first-order valence-corrected chi connectivity index (χ1v) is 9.90. The highest BCUT2D eigenvalue weighted by Crippen LogP contribution is 2.39. The highest BCUT2D eigenvalue weighted by atomic mass is 32.1. The van der Waals surface area contributed by atoms with Gasteiger partial charge in [-0.05, 0) is 54.1 Å². The average molecular weight is 413 g/mol. The molecular weight excluding hydrogens is 398 g/mol. The Labute approximate surface area is 176 Å². The third kappa shape index (κ3) is 3.79. The standard InChI is InChI=1S/C24H15NO4S/c25-13-15-5-9-17(10-6-15)21(26)23-22(19-3-1-2-4-20(19)30-23)29-14-16-7-11-18(12-8-16)24(27)28/h1-12H,14H2,(H,27,28). The van der Waals surface area contributed by atoms with Crippen molar-refractivity contribution in [3.05, 3.63) is 99.9 Å². The number of carbonyl (C=O) groups excluding carboxylic acids is 1. The summed E-state index contributed by atoms with van der Waals surface area (Å²) < 4.78 is 6.99. The Morgan fingerprint density at radius 1 is 0.933 bits per heavy atom. The van der Waals surface area contributed by atoms with Crippen molar-refractivity contribution in [3.63, 3.8) is 0 Å². The first kappa shape index (κ1) is 19.4. The zero-order chi connectivity index (χ0) is 21.1. The Bertz CT molecular complexity index is 1280. The van der Waals surface area contributed by atoms with Crippen LogP contribution in [0.15, 0.2) is 72.8 Å². The number of ketones is 1. The number of fused-ring (bicyclic) bond motifs is 1. The molecule has 0 saturated heterocycles. The molecule has 30 heavy (non-hydrogen) atoms. The maximum absolute atomic E-state index is 13.1. The van der Waals surface area contributed by atoms with Gasteiger partial charge in [-0.15, -0.1) is 11.3 Å². The molecule has 6 heteroatoms. The van der Waals surface area contributed by atoms with Crippen molar-refractivity contribution in [2.24, 2.45) is 0 Å². The van der Waals surface area contributed by atoms with Crippen LogP contribution in [0.25, 0.3) is 10.1 Å². The van der Waals surface area contributed by atoms with E-state index in [0.29, 0.717) is 21.8 Å². The molecule has 0 unspecified atom stereocenters. The molecule has 0 spiro atoms. The van der Waals surface area contributed by atoms with E-state index in [1.807, 2.05) is 30.3 Å². The van der Waals surface area contributed by atoms with Gasteiger partial charge in [-0.25, -0.2) is 4.79 Å². The molecule has 0 saturated carbocycles. The van der Waals surface area contributed by atoms with Crippen molar-refractivity contribution < 1.29 is 19.4 Å². The minimum atomic E-state index is -0.985. The molecular formula is C24H15NO4S. The minimum absolute atomic E-state index is 0.170. The summed E-state index contributed by atoms with van der Waals surface area (Å²) in [5, 5.41) is 18.8. The van der Waals surface area contributed by atoms with Gasteiger partial charge in [0.2, 0.25) is 5.78 Å². The van der Waals surface area contributed by atoms with Crippen LogP contribution >= 0.6 is 11.3 Å². The van der Waals surface area contributed by atoms with E-state index < -0.39 is 5.97 Å². The number of benzene rings is 3. The molecule has 0 aliphatic heterocycles. The number of hydrogen-bond acceptors (Lipinski definition) is 5. The van der Waals surface area contributed by atoms with Gasteiger partial charge in [-0.1, -0.05) is 24.3 Å². The lowest BCUT2D eigenvalue weighted by molar-refractivity contribution is 0.0696. The zero-order valence-corrected chi connectivity index (χ0v) is 16.5. The molecule has 0 fully saturated rings. The highest BCUT2D eigenvalue weighted by Gasteiger charge is 2.21. The summed E-state index contributed by atoms with van der Waals surface area (Å²) in [5.41, 5.74) is 1.98. The Hall–Kier alpha value is -3.95. The van der Waals surface area contributed by atoms with E-state index >= 15 is 0 Å². The molecule has 0 radical (unpaired) electrons. The quantitative estimate of drug-likeness (QED) is 0.435. The number of nitrogens with zero attached hydrogens (tertiary/aromatic N) is 1. The van der Waals surface area contributed by atoms with Crippen molar-refractivity contribution in [2.45, 2.75) is 6.61 Å². The number of carboxylic acid groups (broad SMARTS) is 1. The van der Waals surface area contributed by atoms with Crippen LogP contribution in [-0.2, 0) is 6.61 Å². The number of carbonyl (C=O) groups is 2. The van der Waals surface area contributed by atoms with Crippen molar-refractivity contribution in [3.8, 4) is 11.8 Å². The summed E-state index contributed by atoms with van der Waals surface area (Å²) in [6.07, 6.45) is 0. The molecule has 1 heterocycles. The molecule has 0 aliphatic rings. The van der Waals surface area contributed by atoms with E-state index in [0.717, 1.165) is 15.6 Å². The van der Waals surface area contributed by atoms with Gasteiger partial charge < -0.3 is 9.84 Å². The van der Waals surface area contributed by atoms with Crippen LogP contribution < -0.4 is 4.74 Å². The lowest BCUT2D eigenvalue weighted by Crippen LogP contribution is -2.03. The lowest BCUT2D eigenvalue weighted by Gasteiger charge is -2.09. The number of thiophene rings is 1. The molecule has 5 nitrogen and oxygen atoms in total. The van der Waals surface area contributed by atoms with Gasteiger partial charge in [-0.2, -0.15) is 5.26 Å². The number of carboxylic acids is 1. The third-order valence-corrected chi connectivity index (χ3v) is 5.77. The molecule has 0 atom stereocenters. The largest absolute Gasteiger partial charge is 0.487 e. The van der Waals surface area contributed by atoms with Gasteiger partial charge in [0.15, 0.2) is 0 Å². The zero-order valence-electron chi connectivity index (χ0n) is 15.7. The van der Waals surface area contributed by atoms with Gasteiger partial charge in [0, 0.05) is 15.6 Å². The van der Waals surface area contributed by atoms with E-state index in [2.05, 4.69) is 0 Å². The van der Waals surface area contributed by atoms with E-state index in [-0.39, 0.29) is 18.0 Å². The van der Waals surface area contributed by atoms with Crippen molar-refractivity contribution in [1.29, 1.82) is 5.26 Å². The monoisotopic (exact) mass is 413 g/mol. The first-order valence-electron chi connectivity index (χ1n) is 9.08. The predicted molar refractivity (Wildman–Crippen MR) is 114 cm³/mol. The van der Waals surface area contributed by atoms with Crippen molar-refractivity contribution >= 4 is 33.2 Å². The second kappa shape index (κ2) is 8.19. The van der Waals surface area contributed by atoms with Crippen LogP contribution in [0.4, 0.5) is 0 Å². The number of nitriles is 1. The van der Waals surface area contributed by atoms with Crippen LogP contribution in [0.1, 0.15) is 36.7 Å². The van der Waals surface area contributed by atoms with Gasteiger partial charge >= 0.3 is 5.97 Å². The first-order chi connectivity index (χ1) is 14.6. The Kier molecular flexibility index (Phi) is 5.29. The van der Waals surface area contributed by atoms with Crippen LogP contribution in [0.5, 0.6) is 5.75 Å². The summed E-state index contributed by atoms with van der Waals surface area (Å²) in [7, 11) is 0. The molecule has 146 valence electrons. The van der Waals surface area contributed by atoms with Gasteiger partial charge in [0.05, 0.1) is 17.2 Å². The molecule has 3 aromatic carbocycles. The summed E-state index contributed by atoms with van der Waals surface area (Å²) >= 11 is 1.36. The average Bonchev–Trinajstić information content (AvgIpc) is 3.16. The fraction of sp³-hybridized carbons (Fsp3) is 0.0417. The van der Waals surface area contributed by atoms with Gasteiger partial charge in [0.25, 0.3) is 0 Å². The maximum atomic E-state index is 13.1. The second-order valence-corrected chi connectivity index (χ2v) is 7.62. The number of rotatable bonds is 6. The van der Waals surface area contributed by atoms with Crippen LogP contribution in [0.3, 0.4) is 0 Å². The topological polar surface area (TPSA) is 87.4 Å². The number of hydrogen-bond donors (Lipinski definition) is 1. The maximum Gasteiger partial charge on any atom is 0.335 e. The number of aromatic carboxylic acids is 1. The fourth-order valence-corrected chi connectivity index (χ4v) is 4.15. The number of ether oxygens (including phenoxy) is 1. The molecule has 1 N–H and O–H groups in total. The Morgan fingerprint density at radius 2 is 1.60 bits per heavy atom. The van der Waals surface area contributed by atoms with E-state index in [1.54, 1.807) is 36.4 Å². The second-order valence-electron chi connectivity index (χ2n) is 6.57. The van der Waals surface area contributed by atoms with Crippen LogP contribution in [0.2, 0.25) is 0 Å². The summed E-state index contributed by atoms with van der Waals surface area (Å²) in [4.78, 5) is 24.7. The predicted octanol–water partition coefficient (Wildman–Crippen LogP) is 5.28. The van der Waals surface area contributed by atoms with E-state index in [1.165, 1.54) is 23.5 Å². The Balaban J connectivity index is 1.67. The van der Waals surface area contributed by atoms with Crippen molar-refractivity contribution in [1.82, 2.24) is 0 Å². The molecule has 0 amide bonds. The van der Waals surface area contributed by atoms with Crippen LogP contribution in [-0.4, -0.2) is 16.9 Å². The SMILES string of the molecule is N#Cc1ccc(C(=O)c2sc3ccccc3c2OCc2ccc(C(=O)O)cc2)cc1. The minimum Gasteiger partial charge on any atom is -0.487 e. The van der Waals surface area contributed by atoms with Gasteiger partial charge in [-0.3, -0.25) is 4.79 Å². The molecule has 4 rings (SSSR count). The fourth-order valence-electron chi connectivity index (χ4n) is 3.04. The summed E-state index contributed by atoms with van der Waals surface area (Å²) in [6.45, 7) is 0.203. The normalized spacial score (nSPS) is 10.5. The van der Waals surface area contributed by atoms with Gasteiger partial charge in [0.1, 0.15) is 17.2 Å². The third-order valence-electron chi connectivity index (χ3n) is 4.62. The lowest BCUT2D eigenvalue weighted by atomic mass is 10.1. The Morgan fingerprint density at radius 3 is 2.27 bits per heavy atom. The smallest absolute Gasteiger partial charge is 0.335 e. The van der Waals surface area contributed by atoms with Crippen molar-refractivity contribution in [2.75, 3.05) is 0 Å². The summed E-state index contributed by atoms with van der Waals surface area (Å²) in [5.74, 6) is -0.647. The molecule has 0 bridgehead atoms. The van der Waals surface area contributed by atoms with E-state index in [9.17, 15) is 9.59 Å².